The fraction of sp³-hybridized carbons (Fsp3) is 0.400. The van der Waals surface area contributed by atoms with E-state index in [9.17, 15) is 4.79 Å². The van der Waals surface area contributed by atoms with Crippen molar-refractivity contribution in [3.8, 4) is 5.75 Å². The van der Waals surface area contributed by atoms with E-state index in [1.165, 1.54) is 6.33 Å². The monoisotopic (exact) mass is 426 g/mol. The van der Waals surface area contributed by atoms with Gasteiger partial charge in [-0.15, -0.1) is 0 Å². The van der Waals surface area contributed by atoms with E-state index in [-0.39, 0.29) is 18.1 Å². The SMILES string of the molecule is COc1ccc(C[C@H]2NCC[C@H]2OC(=O)NCCNc2nc(N)nc3nc[nH]c23)cc1. The molecule has 0 saturated carbocycles. The number of carbonyl (C=O) groups is 1. The van der Waals surface area contributed by atoms with Gasteiger partial charge in [-0.3, -0.25) is 0 Å². The van der Waals surface area contributed by atoms with Gasteiger partial charge in [-0.1, -0.05) is 12.1 Å². The maximum atomic E-state index is 12.2. The third-order valence-corrected chi connectivity index (χ3v) is 5.15. The fourth-order valence-corrected chi connectivity index (χ4v) is 3.61. The van der Waals surface area contributed by atoms with Crippen LogP contribution in [0.15, 0.2) is 30.6 Å². The summed E-state index contributed by atoms with van der Waals surface area (Å²) in [7, 11) is 1.65. The summed E-state index contributed by atoms with van der Waals surface area (Å²) in [5.74, 6) is 1.49. The summed E-state index contributed by atoms with van der Waals surface area (Å²) in [6, 6.07) is 8.00. The van der Waals surface area contributed by atoms with Crippen LogP contribution in [-0.2, 0) is 11.2 Å². The van der Waals surface area contributed by atoms with E-state index in [1.807, 2.05) is 24.3 Å². The number of alkyl carbamates (subject to hydrolysis) is 1. The Balaban J connectivity index is 1.23. The van der Waals surface area contributed by atoms with Gasteiger partial charge in [0.05, 0.1) is 13.4 Å². The zero-order valence-electron chi connectivity index (χ0n) is 17.2. The second kappa shape index (κ2) is 9.47. The number of anilines is 2. The van der Waals surface area contributed by atoms with Crippen LogP contribution in [0, 0.1) is 0 Å². The summed E-state index contributed by atoms with van der Waals surface area (Å²) >= 11 is 0. The molecule has 1 aliphatic rings. The lowest BCUT2D eigenvalue weighted by Gasteiger charge is -2.20. The van der Waals surface area contributed by atoms with Crippen LogP contribution in [0.5, 0.6) is 5.75 Å². The maximum Gasteiger partial charge on any atom is 0.407 e. The average molecular weight is 426 g/mol. The number of benzene rings is 1. The summed E-state index contributed by atoms with van der Waals surface area (Å²) in [4.78, 5) is 27.5. The van der Waals surface area contributed by atoms with Gasteiger partial charge in [-0.25, -0.2) is 9.78 Å². The predicted molar refractivity (Wildman–Crippen MR) is 116 cm³/mol. The Bertz CT molecular complexity index is 1020. The Morgan fingerprint density at radius 2 is 2.10 bits per heavy atom. The van der Waals surface area contributed by atoms with Gasteiger partial charge in [0.15, 0.2) is 11.5 Å². The van der Waals surface area contributed by atoms with Crippen molar-refractivity contribution in [3.63, 3.8) is 0 Å². The van der Waals surface area contributed by atoms with Crippen LogP contribution in [0.4, 0.5) is 16.6 Å². The molecular formula is C20H26N8O3. The number of amides is 1. The number of rotatable bonds is 8. The molecule has 11 nitrogen and oxygen atoms in total. The number of hydrogen-bond acceptors (Lipinski definition) is 9. The Labute approximate surface area is 179 Å². The van der Waals surface area contributed by atoms with Crippen molar-refractivity contribution in [2.45, 2.75) is 25.0 Å². The summed E-state index contributed by atoms with van der Waals surface area (Å²) in [6.45, 7) is 1.62. The van der Waals surface area contributed by atoms with Gasteiger partial charge >= 0.3 is 6.09 Å². The van der Waals surface area contributed by atoms with Crippen LogP contribution in [-0.4, -0.2) is 64.9 Å². The fourth-order valence-electron chi connectivity index (χ4n) is 3.61. The van der Waals surface area contributed by atoms with Crippen molar-refractivity contribution in [2.24, 2.45) is 0 Å². The molecule has 31 heavy (non-hydrogen) atoms. The third kappa shape index (κ3) is 5.12. The van der Waals surface area contributed by atoms with Gasteiger partial charge in [0.1, 0.15) is 17.4 Å². The van der Waals surface area contributed by atoms with Crippen molar-refractivity contribution in [1.29, 1.82) is 0 Å². The molecule has 1 aliphatic heterocycles. The number of aromatic amines is 1. The number of H-pyrrole nitrogens is 1. The largest absolute Gasteiger partial charge is 0.497 e. The van der Waals surface area contributed by atoms with E-state index >= 15 is 0 Å². The first-order valence-corrected chi connectivity index (χ1v) is 10.1. The van der Waals surface area contributed by atoms with Gasteiger partial charge in [-0.05, 0) is 37.1 Å². The van der Waals surface area contributed by atoms with Crippen molar-refractivity contribution >= 4 is 29.0 Å². The van der Waals surface area contributed by atoms with Crippen LogP contribution < -0.4 is 26.4 Å². The molecule has 1 amide bonds. The van der Waals surface area contributed by atoms with Gasteiger partial charge in [0.25, 0.3) is 0 Å². The number of nitrogen functional groups attached to an aromatic ring is 1. The number of nitrogens with two attached hydrogens (primary N) is 1. The summed E-state index contributed by atoms with van der Waals surface area (Å²) in [5, 5.41) is 9.30. The molecule has 0 aliphatic carbocycles. The van der Waals surface area contributed by atoms with E-state index in [0.717, 1.165) is 30.7 Å². The molecule has 3 aromatic rings. The third-order valence-electron chi connectivity index (χ3n) is 5.15. The lowest BCUT2D eigenvalue weighted by molar-refractivity contribution is 0.0904. The first-order valence-electron chi connectivity index (χ1n) is 10.1. The molecule has 1 fully saturated rings. The van der Waals surface area contributed by atoms with Crippen LogP contribution in [0.2, 0.25) is 0 Å². The van der Waals surface area contributed by atoms with Crippen LogP contribution in [0.25, 0.3) is 11.2 Å². The Hall–Kier alpha value is -3.60. The minimum atomic E-state index is -0.441. The number of carbonyl (C=O) groups excluding carboxylic acids is 1. The quantitative estimate of drug-likeness (QED) is 0.333. The van der Waals surface area contributed by atoms with Crippen molar-refractivity contribution in [3.05, 3.63) is 36.2 Å². The normalized spacial score (nSPS) is 18.1. The van der Waals surface area contributed by atoms with Crippen LogP contribution in [0.3, 0.4) is 0 Å². The molecule has 0 spiro atoms. The highest BCUT2D eigenvalue weighted by Crippen LogP contribution is 2.19. The predicted octanol–water partition coefficient (Wildman–Crippen LogP) is 1.06. The topological polar surface area (TPSA) is 152 Å². The molecule has 1 aromatic carbocycles. The van der Waals surface area contributed by atoms with E-state index < -0.39 is 6.09 Å². The molecule has 3 heterocycles. The second-order valence-electron chi connectivity index (χ2n) is 7.23. The van der Waals surface area contributed by atoms with Gasteiger partial charge in [-0.2, -0.15) is 9.97 Å². The molecule has 4 rings (SSSR count). The molecule has 0 radical (unpaired) electrons. The molecule has 2 atom stereocenters. The Kier molecular flexibility index (Phi) is 6.32. The first-order chi connectivity index (χ1) is 15.1. The van der Waals surface area contributed by atoms with Gasteiger partial charge < -0.3 is 36.1 Å². The highest BCUT2D eigenvalue weighted by atomic mass is 16.6. The number of nitrogens with one attached hydrogen (secondary N) is 4. The second-order valence-corrected chi connectivity index (χ2v) is 7.23. The van der Waals surface area contributed by atoms with Crippen molar-refractivity contribution < 1.29 is 14.3 Å². The van der Waals surface area contributed by atoms with Crippen molar-refractivity contribution in [2.75, 3.05) is 37.8 Å². The number of nitrogens with zero attached hydrogens (tertiary/aromatic N) is 3. The Morgan fingerprint density at radius 3 is 2.90 bits per heavy atom. The minimum Gasteiger partial charge on any atom is -0.497 e. The number of methoxy groups -OCH3 is 1. The molecular weight excluding hydrogens is 400 g/mol. The van der Waals surface area contributed by atoms with Crippen LogP contribution in [0.1, 0.15) is 12.0 Å². The number of fused-ring (bicyclic) bond motifs is 1. The number of hydrogen-bond donors (Lipinski definition) is 5. The molecule has 6 N–H and O–H groups in total. The standard InChI is InChI=1S/C20H26N8O3/c1-30-13-4-2-12(3-5-13)10-14-15(6-7-22-14)31-20(29)24-9-8-23-17-16-18(26-11-25-16)28-19(21)27-17/h2-5,11,14-15,22H,6-10H2,1H3,(H,24,29)(H4,21,23,25,26,27,28)/t14-,15-/m1/s1. The molecule has 164 valence electrons. The average Bonchev–Trinajstić information content (AvgIpc) is 3.41. The number of ether oxygens (including phenoxy) is 2. The maximum absolute atomic E-state index is 12.2. The minimum absolute atomic E-state index is 0.0786. The molecule has 11 heteroatoms. The lowest BCUT2D eigenvalue weighted by atomic mass is 10.0. The highest BCUT2D eigenvalue weighted by molar-refractivity contribution is 5.83. The van der Waals surface area contributed by atoms with Gasteiger partial charge in [0, 0.05) is 19.1 Å². The molecule has 1 saturated heterocycles. The van der Waals surface area contributed by atoms with E-state index in [2.05, 4.69) is 35.9 Å². The van der Waals surface area contributed by atoms with Crippen LogP contribution >= 0.6 is 0 Å². The number of aromatic nitrogens is 4. The molecule has 0 unspecified atom stereocenters. The highest BCUT2D eigenvalue weighted by Gasteiger charge is 2.30. The van der Waals surface area contributed by atoms with E-state index in [0.29, 0.717) is 30.1 Å². The van der Waals surface area contributed by atoms with Gasteiger partial charge in [0.2, 0.25) is 5.95 Å². The number of imidazole rings is 1. The zero-order valence-corrected chi connectivity index (χ0v) is 17.2. The first kappa shape index (κ1) is 20.7. The summed E-state index contributed by atoms with van der Waals surface area (Å²) < 4.78 is 10.8. The smallest absolute Gasteiger partial charge is 0.407 e. The Morgan fingerprint density at radius 1 is 1.26 bits per heavy atom. The van der Waals surface area contributed by atoms with E-state index in [4.69, 9.17) is 15.2 Å². The van der Waals surface area contributed by atoms with E-state index in [1.54, 1.807) is 7.11 Å². The summed E-state index contributed by atoms with van der Waals surface area (Å²) in [6.07, 6.45) is 2.46. The van der Waals surface area contributed by atoms with Crippen molar-refractivity contribution in [1.82, 2.24) is 30.6 Å². The zero-order chi connectivity index (χ0) is 21.6. The molecule has 0 bridgehead atoms. The summed E-state index contributed by atoms with van der Waals surface area (Å²) in [5.41, 5.74) is 8.00. The lowest BCUT2D eigenvalue weighted by Crippen LogP contribution is -2.39. The molecule has 2 aromatic heterocycles.